The summed E-state index contributed by atoms with van der Waals surface area (Å²) >= 11 is 0. The maximum absolute atomic E-state index is 11.9. The second-order valence-corrected chi connectivity index (χ2v) is 7.41. The Labute approximate surface area is 161 Å². The van der Waals surface area contributed by atoms with Crippen molar-refractivity contribution in [3.63, 3.8) is 0 Å². The van der Waals surface area contributed by atoms with Gasteiger partial charge in [-0.25, -0.2) is 0 Å². The van der Waals surface area contributed by atoms with Gasteiger partial charge < -0.3 is 20.4 Å². The van der Waals surface area contributed by atoms with E-state index in [2.05, 4.69) is 64.1 Å². The van der Waals surface area contributed by atoms with Crippen LogP contribution in [0, 0.1) is 0 Å². The molecular formula is C22H28N4O. The topological polar surface area (TPSA) is 47.6 Å². The zero-order valence-electron chi connectivity index (χ0n) is 15.8. The second kappa shape index (κ2) is 8.44. The van der Waals surface area contributed by atoms with Crippen LogP contribution in [-0.4, -0.2) is 43.5 Å². The van der Waals surface area contributed by atoms with Crippen LogP contribution in [0.5, 0.6) is 0 Å². The van der Waals surface area contributed by atoms with Gasteiger partial charge in [0.05, 0.1) is 6.54 Å². The Morgan fingerprint density at radius 3 is 2.19 bits per heavy atom. The van der Waals surface area contributed by atoms with Crippen molar-refractivity contribution in [2.45, 2.75) is 25.8 Å². The molecule has 2 N–H and O–H groups in total. The Hall–Kier alpha value is -2.53. The van der Waals surface area contributed by atoms with Crippen molar-refractivity contribution in [3.8, 4) is 0 Å². The zero-order valence-corrected chi connectivity index (χ0v) is 15.8. The van der Waals surface area contributed by atoms with E-state index < -0.39 is 0 Å². The monoisotopic (exact) mass is 364 g/mol. The lowest BCUT2D eigenvalue weighted by atomic mass is 10.1. The maximum Gasteiger partial charge on any atom is 0.236 e. The number of piperazine rings is 1. The third-order valence-corrected chi connectivity index (χ3v) is 5.39. The molecule has 27 heavy (non-hydrogen) atoms. The minimum absolute atomic E-state index is 0.178. The summed E-state index contributed by atoms with van der Waals surface area (Å²) in [5.74, 6) is 0.178. The van der Waals surface area contributed by atoms with Gasteiger partial charge in [-0.3, -0.25) is 4.79 Å². The molecule has 0 unspecified atom stereocenters. The van der Waals surface area contributed by atoms with Gasteiger partial charge >= 0.3 is 0 Å². The van der Waals surface area contributed by atoms with E-state index in [1.54, 1.807) is 0 Å². The number of amides is 1. The third kappa shape index (κ3) is 4.61. The summed E-state index contributed by atoms with van der Waals surface area (Å²) in [5, 5.41) is 6.57. The van der Waals surface area contributed by atoms with Crippen LogP contribution in [0.15, 0.2) is 48.5 Å². The molecule has 0 radical (unpaired) electrons. The van der Waals surface area contributed by atoms with Gasteiger partial charge in [-0.15, -0.1) is 0 Å². The van der Waals surface area contributed by atoms with E-state index in [-0.39, 0.29) is 5.91 Å². The first kappa shape index (κ1) is 17.9. The molecule has 4 rings (SSSR count). The van der Waals surface area contributed by atoms with Crippen LogP contribution >= 0.6 is 0 Å². The fourth-order valence-electron chi connectivity index (χ4n) is 3.80. The number of carbonyl (C=O) groups is 1. The number of nitrogens with one attached hydrogen (secondary N) is 2. The van der Waals surface area contributed by atoms with Crippen molar-refractivity contribution >= 4 is 23.0 Å². The molecule has 2 aromatic rings. The van der Waals surface area contributed by atoms with E-state index in [1.807, 2.05) is 4.90 Å². The Morgan fingerprint density at radius 1 is 0.852 bits per heavy atom. The molecular weight excluding hydrogens is 336 g/mol. The number of piperidine rings is 1. The molecule has 0 aliphatic carbocycles. The lowest BCUT2D eigenvalue weighted by Gasteiger charge is -2.29. The molecule has 0 spiro atoms. The smallest absolute Gasteiger partial charge is 0.236 e. The first-order valence-corrected chi connectivity index (χ1v) is 9.97. The van der Waals surface area contributed by atoms with Crippen LogP contribution in [0.3, 0.4) is 0 Å². The van der Waals surface area contributed by atoms with Crippen LogP contribution in [0.4, 0.5) is 17.1 Å². The van der Waals surface area contributed by atoms with E-state index in [0.717, 1.165) is 30.0 Å². The minimum atomic E-state index is 0.178. The van der Waals surface area contributed by atoms with Crippen LogP contribution in [0.1, 0.15) is 24.8 Å². The Kier molecular flexibility index (Phi) is 5.58. The molecule has 0 bridgehead atoms. The fourth-order valence-corrected chi connectivity index (χ4v) is 3.80. The van der Waals surface area contributed by atoms with Crippen molar-refractivity contribution in [1.82, 2.24) is 10.2 Å². The highest BCUT2D eigenvalue weighted by molar-refractivity contribution is 5.79. The number of hydrogen-bond acceptors (Lipinski definition) is 4. The Balaban J connectivity index is 1.34. The normalized spacial score (nSPS) is 17.9. The lowest BCUT2D eigenvalue weighted by molar-refractivity contribution is -0.132. The fraction of sp³-hybridized carbons (Fsp3) is 0.409. The van der Waals surface area contributed by atoms with Gasteiger partial charge in [-0.05, 0) is 61.2 Å². The molecule has 5 heteroatoms. The SMILES string of the molecule is O=C1CNCCN1Cc1ccc(Nc2ccc(N3CCCCC3)cc2)cc1. The average Bonchev–Trinajstić information content (AvgIpc) is 2.72. The van der Waals surface area contributed by atoms with E-state index in [4.69, 9.17) is 0 Å². The molecule has 0 aromatic heterocycles. The van der Waals surface area contributed by atoms with Gasteiger partial charge in [0.25, 0.3) is 0 Å². The molecule has 5 nitrogen and oxygen atoms in total. The van der Waals surface area contributed by atoms with Gasteiger partial charge in [0.2, 0.25) is 5.91 Å². The van der Waals surface area contributed by atoms with Gasteiger partial charge in [-0.2, -0.15) is 0 Å². The first-order chi connectivity index (χ1) is 13.3. The minimum Gasteiger partial charge on any atom is -0.372 e. The quantitative estimate of drug-likeness (QED) is 0.854. The molecule has 2 fully saturated rings. The molecule has 2 saturated heterocycles. The number of benzene rings is 2. The molecule has 1 amide bonds. The van der Waals surface area contributed by atoms with E-state index in [9.17, 15) is 4.79 Å². The summed E-state index contributed by atoms with van der Waals surface area (Å²) in [6.45, 7) is 5.13. The van der Waals surface area contributed by atoms with Gasteiger partial charge in [0.1, 0.15) is 0 Å². The van der Waals surface area contributed by atoms with E-state index >= 15 is 0 Å². The second-order valence-electron chi connectivity index (χ2n) is 7.41. The number of carbonyl (C=O) groups excluding carboxylic acids is 1. The number of rotatable bonds is 5. The highest BCUT2D eigenvalue weighted by Gasteiger charge is 2.17. The number of anilines is 3. The van der Waals surface area contributed by atoms with Crippen molar-refractivity contribution in [3.05, 3.63) is 54.1 Å². The molecule has 2 aliphatic rings. The molecule has 2 aliphatic heterocycles. The van der Waals surface area contributed by atoms with Crippen LogP contribution in [0.2, 0.25) is 0 Å². The van der Waals surface area contributed by atoms with Crippen molar-refractivity contribution in [2.24, 2.45) is 0 Å². The largest absolute Gasteiger partial charge is 0.372 e. The van der Waals surface area contributed by atoms with Crippen LogP contribution in [0.25, 0.3) is 0 Å². The summed E-state index contributed by atoms with van der Waals surface area (Å²) in [6.07, 6.45) is 3.95. The van der Waals surface area contributed by atoms with Gasteiger partial charge in [-0.1, -0.05) is 12.1 Å². The first-order valence-electron chi connectivity index (χ1n) is 9.97. The zero-order chi connectivity index (χ0) is 18.5. The third-order valence-electron chi connectivity index (χ3n) is 5.39. The predicted octanol–water partition coefficient (Wildman–Crippen LogP) is 3.35. The highest BCUT2D eigenvalue weighted by atomic mass is 16.2. The Morgan fingerprint density at radius 2 is 1.52 bits per heavy atom. The van der Waals surface area contributed by atoms with E-state index in [1.165, 1.54) is 38.0 Å². The lowest BCUT2D eigenvalue weighted by Crippen LogP contribution is -2.47. The highest BCUT2D eigenvalue weighted by Crippen LogP contribution is 2.24. The van der Waals surface area contributed by atoms with Crippen molar-refractivity contribution in [1.29, 1.82) is 0 Å². The summed E-state index contributed by atoms with van der Waals surface area (Å²) < 4.78 is 0. The summed E-state index contributed by atoms with van der Waals surface area (Å²) in [6, 6.07) is 17.1. The summed E-state index contributed by atoms with van der Waals surface area (Å²) in [5.41, 5.74) is 4.64. The predicted molar refractivity (Wildman–Crippen MR) is 111 cm³/mol. The number of hydrogen-bond donors (Lipinski definition) is 2. The van der Waals surface area contributed by atoms with Crippen LogP contribution < -0.4 is 15.5 Å². The molecule has 2 aromatic carbocycles. The molecule has 0 atom stereocenters. The summed E-state index contributed by atoms with van der Waals surface area (Å²) in [4.78, 5) is 16.3. The average molecular weight is 364 g/mol. The van der Waals surface area contributed by atoms with Gasteiger partial charge in [0.15, 0.2) is 0 Å². The standard InChI is InChI=1S/C22H28N4O/c27-22-16-23-12-15-26(22)17-18-4-6-19(7-5-18)24-20-8-10-21(11-9-20)25-13-2-1-3-14-25/h4-11,23-24H,1-3,12-17H2. The maximum atomic E-state index is 11.9. The summed E-state index contributed by atoms with van der Waals surface area (Å²) in [7, 11) is 0. The van der Waals surface area contributed by atoms with Crippen molar-refractivity contribution in [2.75, 3.05) is 42.9 Å². The van der Waals surface area contributed by atoms with Gasteiger partial charge in [0, 0.05) is 49.8 Å². The molecule has 0 saturated carbocycles. The van der Waals surface area contributed by atoms with Crippen LogP contribution in [-0.2, 0) is 11.3 Å². The van der Waals surface area contributed by atoms with E-state index in [0.29, 0.717) is 13.1 Å². The number of nitrogens with zero attached hydrogens (tertiary/aromatic N) is 2. The molecule has 2 heterocycles. The Bertz CT molecular complexity index is 751. The van der Waals surface area contributed by atoms with Crippen molar-refractivity contribution < 1.29 is 4.79 Å². The molecule has 142 valence electrons.